The van der Waals surface area contributed by atoms with Crippen LogP contribution in [0.5, 0.6) is 0 Å². The lowest BCUT2D eigenvalue weighted by Crippen LogP contribution is -2.56. The van der Waals surface area contributed by atoms with E-state index < -0.39 is 0 Å². The highest BCUT2D eigenvalue weighted by Gasteiger charge is 2.34. The van der Waals surface area contributed by atoms with E-state index in [0.717, 1.165) is 12.5 Å². The van der Waals surface area contributed by atoms with E-state index in [9.17, 15) is 0 Å². The van der Waals surface area contributed by atoms with E-state index in [1.54, 1.807) is 0 Å². The van der Waals surface area contributed by atoms with Crippen molar-refractivity contribution in [1.82, 2.24) is 10.3 Å². The Balaban J connectivity index is 2.06. The van der Waals surface area contributed by atoms with Crippen LogP contribution in [0.3, 0.4) is 0 Å². The Morgan fingerprint density at radius 1 is 1.31 bits per heavy atom. The van der Waals surface area contributed by atoms with Crippen molar-refractivity contribution < 1.29 is 0 Å². The van der Waals surface area contributed by atoms with Crippen LogP contribution >= 0.6 is 0 Å². The summed E-state index contributed by atoms with van der Waals surface area (Å²) in [7, 11) is 2.09. The molecule has 0 aromatic heterocycles. The van der Waals surface area contributed by atoms with Gasteiger partial charge in [-0.3, -0.25) is 5.84 Å². The first-order valence-corrected chi connectivity index (χ1v) is 5.50. The van der Waals surface area contributed by atoms with Gasteiger partial charge in [-0.2, -0.15) is 0 Å². The topological polar surface area (TPSA) is 41.3 Å². The Labute approximate surface area is 80.6 Å². The Kier molecular flexibility index (Phi) is 2.86. The van der Waals surface area contributed by atoms with Crippen LogP contribution in [-0.4, -0.2) is 30.7 Å². The van der Waals surface area contributed by atoms with Crippen molar-refractivity contribution in [1.29, 1.82) is 0 Å². The molecule has 3 heteroatoms. The SMILES string of the molecule is CN[C@@H]1C[C@@H]2CCCC[C@@H]1CN2N. The largest absolute Gasteiger partial charge is 0.317 e. The Morgan fingerprint density at radius 2 is 2.08 bits per heavy atom. The third kappa shape index (κ3) is 1.87. The minimum atomic E-state index is 0.633. The van der Waals surface area contributed by atoms with Gasteiger partial charge in [0.05, 0.1) is 0 Å². The fourth-order valence-corrected chi connectivity index (χ4v) is 2.88. The van der Waals surface area contributed by atoms with Crippen molar-refractivity contribution in [2.24, 2.45) is 11.8 Å². The van der Waals surface area contributed by atoms with Gasteiger partial charge in [0.1, 0.15) is 0 Å². The maximum Gasteiger partial charge on any atom is 0.0256 e. The summed E-state index contributed by atoms with van der Waals surface area (Å²) in [6.07, 6.45) is 6.66. The first kappa shape index (κ1) is 9.44. The smallest absolute Gasteiger partial charge is 0.0256 e. The number of nitrogens with zero attached hydrogens (tertiary/aromatic N) is 1. The zero-order valence-electron chi connectivity index (χ0n) is 8.50. The molecule has 3 rings (SSSR count). The van der Waals surface area contributed by atoms with Crippen molar-refractivity contribution >= 4 is 0 Å². The maximum atomic E-state index is 6.01. The van der Waals surface area contributed by atoms with Gasteiger partial charge in [-0.05, 0) is 32.2 Å². The van der Waals surface area contributed by atoms with E-state index in [1.165, 1.54) is 32.1 Å². The molecule has 2 saturated heterocycles. The molecule has 3 N–H and O–H groups in total. The fraction of sp³-hybridized carbons (Fsp3) is 1.00. The molecule has 13 heavy (non-hydrogen) atoms. The van der Waals surface area contributed by atoms with Gasteiger partial charge >= 0.3 is 0 Å². The van der Waals surface area contributed by atoms with Gasteiger partial charge in [0.2, 0.25) is 0 Å². The molecule has 76 valence electrons. The molecule has 0 aromatic carbocycles. The summed E-state index contributed by atoms with van der Waals surface area (Å²) in [6.45, 7) is 1.09. The predicted octanol–water partition coefficient (Wildman–Crippen LogP) is 0.713. The van der Waals surface area contributed by atoms with Crippen LogP contribution in [0, 0.1) is 5.92 Å². The molecule has 3 atom stereocenters. The first-order valence-electron chi connectivity index (χ1n) is 5.50. The molecule has 0 aromatic rings. The molecule has 1 aliphatic carbocycles. The highest BCUT2D eigenvalue weighted by atomic mass is 15.4. The van der Waals surface area contributed by atoms with Gasteiger partial charge in [-0.25, -0.2) is 5.01 Å². The van der Waals surface area contributed by atoms with E-state index in [1.807, 2.05) is 0 Å². The number of nitrogens with two attached hydrogens (primary N) is 1. The number of nitrogens with one attached hydrogen (secondary N) is 1. The van der Waals surface area contributed by atoms with Crippen LogP contribution in [0.2, 0.25) is 0 Å². The van der Waals surface area contributed by atoms with Gasteiger partial charge in [0.25, 0.3) is 0 Å². The Bertz CT molecular complexity index is 172. The Morgan fingerprint density at radius 3 is 2.85 bits per heavy atom. The monoisotopic (exact) mass is 183 g/mol. The summed E-state index contributed by atoms with van der Waals surface area (Å²) in [5.41, 5.74) is 0. The molecular weight excluding hydrogens is 162 g/mol. The van der Waals surface area contributed by atoms with Crippen LogP contribution < -0.4 is 11.2 Å². The van der Waals surface area contributed by atoms with E-state index in [4.69, 9.17) is 5.84 Å². The van der Waals surface area contributed by atoms with Gasteiger partial charge in [-0.1, -0.05) is 12.8 Å². The standard InChI is InChI=1S/C10H21N3/c1-12-10-6-9-5-3-2-4-8(10)7-13(9)11/h8-10,12H,2-7,11H2,1H3/t8-,9+,10-/m1/s1. The molecule has 0 amide bonds. The number of piperidine rings is 1. The normalized spacial score (nSPS) is 41.5. The summed E-state index contributed by atoms with van der Waals surface area (Å²) < 4.78 is 0. The van der Waals surface area contributed by atoms with E-state index >= 15 is 0 Å². The number of rotatable bonds is 1. The van der Waals surface area contributed by atoms with Gasteiger partial charge in [0.15, 0.2) is 0 Å². The zero-order chi connectivity index (χ0) is 9.26. The van der Waals surface area contributed by atoms with E-state index in [-0.39, 0.29) is 0 Å². The fourth-order valence-electron chi connectivity index (χ4n) is 2.88. The number of hydrogen-bond donors (Lipinski definition) is 2. The van der Waals surface area contributed by atoms with Gasteiger partial charge in [0, 0.05) is 18.6 Å². The van der Waals surface area contributed by atoms with Crippen molar-refractivity contribution in [3.05, 3.63) is 0 Å². The molecular formula is C10H21N3. The molecule has 1 saturated carbocycles. The average Bonchev–Trinajstić information content (AvgIpc) is 2.08. The second-order valence-corrected chi connectivity index (χ2v) is 4.53. The summed E-state index contributed by atoms with van der Waals surface area (Å²) in [5, 5.41) is 5.52. The highest BCUT2D eigenvalue weighted by Crippen LogP contribution is 2.30. The van der Waals surface area contributed by atoms with Gasteiger partial charge in [-0.15, -0.1) is 0 Å². The van der Waals surface area contributed by atoms with Crippen LogP contribution in [0.15, 0.2) is 0 Å². The van der Waals surface area contributed by atoms with E-state index in [0.29, 0.717) is 12.1 Å². The second-order valence-electron chi connectivity index (χ2n) is 4.53. The van der Waals surface area contributed by atoms with Gasteiger partial charge < -0.3 is 5.32 Å². The van der Waals surface area contributed by atoms with Crippen molar-refractivity contribution in [2.45, 2.75) is 44.2 Å². The summed E-state index contributed by atoms with van der Waals surface area (Å²) in [5.74, 6) is 6.80. The molecule has 2 bridgehead atoms. The highest BCUT2D eigenvalue weighted by molar-refractivity contribution is 4.90. The Hall–Kier alpha value is -0.120. The van der Waals surface area contributed by atoms with Crippen molar-refractivity contribution in [3.8, 4) is 0 Å². The lowest BCUT2D eigenvalue weighted by atomic mass is 9.80. The quantitative estimate of drug-likeness (QED) is 0.588. The first-order chi connectivity index (χ1) is 6.31. The van der Waals surface area contributed by atoms with Crippen molar-refractivity contribution in [3.63, 3.8) is 0 Å². The van der Waals surface area contributed by atoms with Crippen molar-refractivity contribution in [2.75, 3.05) is 13.6 Å². The summed E-state index contributed by atoms with van der Waals surface area (Å²) in [4.78, 5) is 0. The van der Waals surface area contributed by atoms with Crippen LogP contribution in [-0.2, 0) is 0 Å². The molecule has 0 spiro atoms. The lowest BCUT2D eigenvalue weighted by molar-refractivity contribution is 0.0566. The molecule has 0 unspecified atom stereocenters. The molecule has 0 radical (unpaired) electrons. The zero-order valence-corrected chi connectivity index (χ0v) is 8.50. The third-order valence-electron chi connectivity index (χ3n) is 3.74. The molecule has 3 aliphatic rings. The lowest BCUT2D eigenvalue weighted by Gasteiger charge is -2.44. The maximum absolute atomic E-state index is 6.01. The van der Waals surface area contributed by atoms with Crippen LogP contribution in [0.25, 0.3) is 0 Å². The third-order valence-corrected chi connectivity index (χ3v) is 3.74. The number of fused-ring (bicyclic) bond motifs is 5. The summed E-state index contributed by atoms with van der Waals surface area (Å²) >= 11 is 0. The minimum absolute atomic E-state index is 0.633. The summed E-state index contributed by atoms with van der Waals surface area (Å²) in [6, 6.07) is 1.35. The molecule has 2 aliphatic heterocycles. The van der Waals surface area contributed by atoms with Crippen LogP contribution in [0.4, 0.5) is 0 Å². The van der Waals surface area contributed by atoms with E-state index in [2.05, 4.69) is 17.4 Å². The number of hydrazine groups is 1. The van der Waals surface area contributed by atoms with Crippen LogP contribution in [0.1, 0.15) is 32.1 Å². The average molecular weight is 183 g/mol. The second kappa shape index (κ2) is 3.95. The predicted molar refractivity (Wildman–Crippen MR) is 54.1 cm³/mol. The molecule has 3 nitrogen and oxygen atoms in total. The molecule has 3 fully saturated rings. The minimum Gasteiger partial charge on any atom is -0.317 e. The molecule has 2 heterocycles. The number of hydrogen-bond acceptors (Lipinski definition) is 3.